The molecule has 206 valence electrons. The number of unbranched alkanes of at least 4 members (excludes halogenated alkanes) is 9. The van der Waals surface area contributed by atoms with Crippen LogP contribution in [0, 0.1) is 5.41 Å². The van der Waals surface area contributed by atoms with Crippen molar-refractivity contribution in [2.24, 2.45) is 5.41 Å². The highest BCUT2D eigenvalue weighted by atomic mass is 28.3. The minimum atomic E-state index is -2.07. The summed E-state index contributed by atoms with van der Waals surface area (Å²) in [6.45, 7) is 14.8. The van der Waals surface area contributed by atoms with Gasteiger partial charge in [0, 0.05) is 0 Å². The van der Waals surface area contributed by atoms with E-state index in [2.05, 4.69) is 57.3 Å². The average molecular weight is 517 g/mol. The molecule has 0 radical (unpaired) electrons. The number of carbonyl (C=O) groups excluding carboxylic acids is 1. The molecule has 0 unspecified atom stereocenters. The lowest BCUT2D eigenvalue weighted by atomic mass is 9.80. The quantitative estimate of drug-likeness (QED) is 0.0919. The Morgan fingerprint density at radius 3 is 2.06 bits per heavy atom. The van der Waals surface area contributed by atoms with Crippen molar-refractivity contribution >= 4 is 19.2 Å². The Labute approximate surface area is 224 Å². The van der Waals surface area contributed by atoms with Crippen LogP contribution in [0.1, 0.15) is 112 Å². The van der Waals surface area contributed by atoms with Gasteiger partial charge < -0.3 is 9.84 Å². The number of rotatable bonds is 18. The van der Waals surface area contributed by atoms with Crippen LogP contribution in [0.15, 0.2) is 42.5 Å². The summed E-state index contributed by atoms with van der Waals surface area (Å²) in [4.78, 5) is 14.0. The number of allylic oxidation sites excluding steroid dienone is 1. The third-order valence-corrected chi connectivity index (χ3v) is 10.5. The summed E-state index contributed by atoms with van der Waals surface area (Å²) in [7, 11) is -2.07. The summed E-state index contributed by atoms with van der Waals surface area (Å²) in [5.74, 6) is -0.269. The molecule has 0 heterocycles. The van der Waals surface area contributed by atoms with Crippen molar-refractivity contribution in [3.63, 3.8) is 0 Å². The van der Waals surface area contributed by atoms with Gasteiger partial charge >= 0.3 is 5.97 Å². The lowest BCUT2D eigenvalue weighted by molar-refractivity contribution is -0.169. The number of hydrogen-bond donors (Lipinski definition) is 1. The Kier molecular flexibility index (Phi) is 14.9. The number of aliphatic hydroxyl groups excluding tert-OH is 1. The molecule has 0 aliphatic carbocycles. The summed E-state index contributed by atoms with van der Waals surface area (Å²) < 4.78 is 6.03. The fraction of sp³-hybridized carbons (Fsp3) is 0.719. The van der Waals surface area contributed by atoms with Gasteiger partial charge in [0.05, 0.1) is 14.2 Å². The Morgan fingerprint density at radius 1 is 0.917 bits per heavy atom. The van der Waals surface area contributed by atoms with Crippen LogP contribution in [-0.4, -0.2) is 30.9 Å². The summed E-state index contributed by atoms with van der Waals surface area (Å²) in [5.41, 5.74) is -1.62. The molecule has 0 aromatic heterocycles. The average Bonchev–Trinajstić information content (AvgIpc) is 2.82. The zero-order valence-electron chi connectivity index (χ0n) is 24.6. The molecule has 36 heavy (non-hydrogen) atoms. The van der Waals surface area contributed by atoms with Crippen molar-refractivity contribution in [3.05, 3.63) is 42.5 Å². The number of aliphatic hydroxyl groups is 1. The monoisotopic (exact) mass is 516 g/mol. The van der Waals surface area contributed by atoms with Crippen molar-refractivity contribution in [2.75, 3.05) is 0 Å². The first kappa shape index (κ1) is 32.6. The van der Waals surface area contributed by atoms with Gasteiger partial charge in [-0.3, -0.25) is 4.79 Å². The molecule has 0 fully saturated rings. The second-order valence-electron chi connectivity index (χ2n) is 12.3. The van der Waals surface area contributed by atoms with E-state index < -0.39 is 25.2 Å². The highest BCUT2D eigenvalue weighted by Crippen LogP contribution is 2.40. The Hall–Kier alpha value is -1.39. The van der Waals surface area contributed by atoms with Gasteiger partial charge in [0.25, 0.3) is 0 Å². The smallest absolute Gasteiger partial charge is 0.318 e. The summed E-state index contributed by atoms with van der Waals surface area (Å²) in [6, 6.07) is 11.2. The Bertz CT molecular complexity index is 750. The summed E-state index contributed by atoms with van der Waals surface area (Å²) >= 11 is 0. The van der Waals surface area contributed by atoms with Gasteiger partial charge in [0.2, 0.25) is 0 Å². The van der Waals surface area contributed by atoms with E-state index >= 15 is 0 Å². The van der Waals surface area contributed by atoms with Gasteiger partial charge in [-0.05, 0) is 46.1 Å². The van der Waals surface area contributed by atoms with Crippen LogP contribution in [-0.2, 0) is 9.53 Å². The van der Waals surface area contributed by atoms with E-state index in [9.17, 15) is 9.90 Å². The van der Waals surface area contributed by atoms with Crippen LogP contribution in [0.3, 0.4) is 0 Å². The van der Waals surface area contributed by atoms with E-state index in [0.29, 0.717) is 12.5 Å². The first-order valence-corrected chi connectivity index (χ1v) is 17.8. The van der Waals surface area contributed by atoms with E-state index in [1.54, 1.807) is 0 Å². The van der Waals surface area contributed by atoms with Gasteiger partial charge in [-0.1, -0.05) is 132 Å². The zero-order chi connectivity index (χ0) is 27.1. The molecule has 0 amide bonds. The molecule has 1 rings (SSSR count). The zero-order valence-corrected chi connectivity index (χ0v) is 25.6. The third kappa shape index (κ3) is 11.8. The Morgan fingerprint density at radius 2 is 1.47 bits per heavy atom. The summed E-state index contributed by atoms with van der Waals surface area (Å²) in [6.07, 6.45) is 16.7. The molecule has 3 nitrogen and oxygen atoms in total. The van der Waals surface area contributed by atoms with Crippen molar-refractivity contribution < 1.29 is 14.6 Å². The lowest BCUT2D eigenvalue weighted by Gasteiger charge is -2.40. The first-order chi connectivity index (χ1) is 17.0. The molecule has 1 aromatic rings. The van der Waals surface area contributed by atoms with E-state index in [1.165, 1.54) is 50.1 Å². The lowest BCUT2D eigenvalue weighted by Crippen LogP contribution is -2.53. The maximum atomic E-state index is 14.0. The van der Waals surface area contributed by atoms with E-state index in [4.69, 9.17) is 4.74 Å². The molecule has 1 aromatic carbocycles. The highest BCUT2D eigenvalue weighted by molar-refractivity contribution is 6.90. The van der Waals surface area contributed by atoms with Crippen LogP contribution < -0.4 is 5.19 Å². The van der Waals surface area contributed by atoms with Gasteiger partial charge in [-0.15, -0.1) is 0 Å². The van der Waals surface area contributed by atoms with Crippen molar-refractivity contribution in [1.29, 1.82) is 0 Å². The van der Waals surface area contributed by atoms with Gasteiger partial charge in [0.1, 0.15) is 11.0 Å². The fourth-order valence-electron chi connectivity index (χ4n) is 5.02. The number of benzene rings is 1. The number of hydrogen-bond acceptors (Lipinski definition) is 3. The van der Waals surface area contributed by atoms with Gasteiger partial charge in [-0.25, -0.2) is 0 Å². The topological polar surface area (TPSA) is 46.5 Å². The van der Waals surface area contributed by atoms with Crippen molar-refractivity contribution in [1.82, 2.24) is 0 Å². The second-order valence-corrected chi connectivity index (χ2v) is 17.0. The molecule has 0 spiro atoms. The van der Waals surface area contributed by atoms with Crippen LogP contribution in [0.5, 0.6) is 0 Å². The predicted molar refractivity (Wildman–Crippen MR) is 159 cm³/mol. The number of esters is 1. The van der Waals surface area contributed by atoms with Crippen LogP contribution in [0.4, 0.5) is 0 Å². The molecular formula is C32H56O3Si. The van der Waals surface area contributed by atoms with Gasteiger partial charge in [-0.2, -0.15) is 0 Å². The highest BCUT2D eigenvalue weighted by Gasteiger charge is 2.49. The predicted octanol–water partition coefficient (Wildman–Crippen LogP) is 8.57. The fourth-order valence-corrected chi connectivity index (χ4v) is 8.28. The minimum Gasteiger partial charge on any atom is -0.459 e. The molecule has 0 aliphatic heterocycles. The van der Waals surface area contributed by atoms with Crippen LogP contribution >= 0.6 is 0 Å². The molecule has 0 saturated carbocycles. The second kappa shape index (κ2) is 16.4. The standard InChI is InChI=1S/C32H56O3Si/c1-8-10-12-14-16-21-25-29(33)32(30(34)35-31(3,4)5,26-22-17-15-13-11-9-2)27-36(6,7)28-23-19-18-20-24-28/h18-20,22-24,26,29,33H,8-17,21,25,27H2,1-7H3/b26-22+/t29-,32+/m0/s1. The largest absolute Gasteiger partial charge is 0.459 e. The third-order valence-electron chi connectivity index (χ3n) is 7.13. The maximum Gasteiger partial charge on any atom is 0.318 e. The maximum absolute atomic E-state index is 14.0. The van der Waals surface area contributed by atoms with E-state index in [0.717, 1.165) is 25.7 Å². The molecule has 1 N–H and O–H groups in total. The van der Waals surface area contributed by atoms with Crippen molar-refractivity contribution in [2.45, 2.75) is 143 Å². The van der Waals surface area contributed by atoms with E-state index in [-0.39, 0.29) is 5.97 Å². The molecule has 4 heteroatoms. The molecule has 0 saturated heterocycles. The van der Waals surface area contributed by atoms with Crippen molar-refractivity contribution in [3.8, 4) is 0 Å². The summed E-state index contributed by atoms with van der Waals surface area (Å²) in [5, 5.41) is 13.1. The molecular weight excluding hydrogens is 460 g/mol. The number of ether oxygens (including phenoxy) is 1. The Balaban J connectivity index is 3.29. The van der Waals surface area contributed by atoms with Crippen LogP contribution in [0.2, 0.25) is 19.1 Å². The normalized spacial score (nSPS) is 15.1. The first-order valence-electron chi connectivity index (χ1n) is 14.6. The van der Waals surface area contributed by atoms with Crippen LogP contribution in [0.25, 0.3) is 0 Å². The molecule has 2 atom stereocenters. The SMILES string of the molecule is CCCCCC/C=C/[C@](C[Si](C)(C)c1ccccc1)(C(=O)OC(C)(C)C)[C@@H](O)CCCCCCCC. The molecule has 0 bridgehead atoms. The molecule has 0 aliphatic rings. The number of carbonyl (C=O) groups is 1. The minimum absolute atomic E-state index is 0.269. The van der Waals surface area contributed by atoms with Gasteiger partial charge in [0.15, 0.2) is 0 Å². The van der Waals surface area contributed by atoms with E-state index in [1.807, 2.05) is 32.9 Å².